The summed E-state index contributed by atoms with van der Waals surface area (Å²) in [6, 6.07) is 0.751. The molecule has 0 spiro atoms. The minimum absolute atomic E-state index is 0.751. The second-order valence-corrected chi connectivity index (χ2v) is 4.45. The zero-order valence-corrected chi connectivity index (χ0v) is 10.9. The van der Waals surface area contributed by atoms with Gasteiger partial charge in [0.2, 0.25) is 0 Å². The molecule has 2 heteroatoms. The lowest BCUT2D eigenvalue weighted by Gasteiger charge is -2.21. The van der Waals surface area contributed by atoms with Crippen molar-refractivity contribution >= 4 is 11.8 Å². The van der Waals surface area contributed by atoms with Crippen molar-refractivity contribution in [3.8, 4) is 0 Å². The van der Waals surface area contributed by atoms with Crippen LogP contribution in [0.4, 0.5) is 0 Å². The van der Waals surface area contributed by atoms with Crippen molar-refractivity contribution < 1.29 is 0 Å². The van der Waals surface area contributed by atoms with Gasteiger partial charge in [0.05, 0.1) is 0 Å². The monoisotopic (exact) mass is 215 g/mol. The summed E-state index contributed by atoms with van der Waals surface area (Å²) in [7, 11) is 0. The molecule has 1 atom stereocenters. The molecule has 0 bridgehead atoms. The second-order valence-electron chi connectivity index (χ2n) is 3.47. The molecule has 0 aromatic heterocycles. The van der Waals surface area contributed by atoms with Crippen LogP contribution in [-0.4, -0.2) is 24.6 Å². The second kappa shape index (κ2) is 9.60. The molecule has 0 aromatic carbocycles. The molecule has 0 amide bonds. The van der Waals surface area contributed by atoms with Crippen LogP contribution in [0, 0.1) is 0 Å². The fraction of sp³-hybridized carbons (Fsp3) is 0.833. The van der Waals surface area contributed by atoms with E-state index >= 15 is 0 Å². The third-order valence-electron chi connectivity index (χ3n) is 2.38. The first-order chi connectivity index (χ1) is 6.83. The first-order valence-electron chi connectivity index (χ1n) is 5.71. The number of thioether (sulfide) groups is 1. The third kappa shape index (κ3) is 6.50. The van der Waals surface area contributed by atoms with Gasteiger partial charge in [0.1, 0.15) is 0 Å². The van der Waals surface area contributed by atoms with Gasteiger partial charge in [-0.1, -0.05) is 25.5 Å². The standard InChI is InChI=1S/C10H19NS.C2H6/c1-9-3-5-10(6-4-9)11-7-8-12-2;1-2/h3,10-11H,4-8H2,1-2H3;1-2H3. The summed E-state index contributed by atoms with van der Waals surface area (Å²) in [5.74, 6) is 1.24. The highest BCUT2D eigenvalue weighted by molar-refractivity contribution is 7.98. The summed E-state index contributed by atoms with van der Waals surface area (Å²) in [6.07, 6.45) is 8.39. The number of allylic oxidation sites excluding steroid dienone is 1. The summed E-state index contributed by atoms with van der Waals surface area (Å²) in [4.78, 5) is 0. The van der Waals surface area contributed by atoms with Gasteiger partial charge in [0.15, 0.2) is 0 Å². The molecule has 0 radical (unpaired) electrons. The van der Waals surface area contributed by atoms with E-state index in [1.165, 1.54) is 31.6 Å². The van der Waals surface area contributed by atoms with Gasteiger partial charge < -0.3 is 5.32 Å². The number of rotatable bonds is 4. The van der Waals surface area contributed by atoms with E-state index in [1.807, 2.05) is 25.6 Å². The average Bonchev–Trinajstić information content (AvgIpc) is 2.24. The minimum Gasteiger partial charge on any atom is -0.313 e. The Morgan fingerprint density at radius 1 is 1.50 bits per heavy atom. The van der Waals surface area contributed by atoms with Crippen LogP contribution in [0.5, 0.6) is 0 Å². The van der Waals surface area contributed by atoms with Crippen molar-refractivity contribution in [2.45, 2.75) is 46.1 Å². The Morgan fingerprint density at radius 2 is 2.21 bits per heavy atom. The molecule has 1 N–H and O–H groups in total. The van der Waals surface area contributed by atoms with Crippen molar-refractivity contribution in [3.63, 3.8) is 0 Å². The van der Waals surface area contributed by atoms with Gasteiger partial charge in [-0.15, -0.1) is 0 Å². The van der Waals surface area contributed by atoms with Crippen molar-refractivity contribution in [2.75, 3.05) is 18.6 Å². The number of hydrogen-bond acceptors (Lipinski definition) is 2. The molecular formula is C12H25NS. The van der Waals surface area contributed by atoms with Crippen LogP contribution in [0.25, 0.3) is 0 Å². The highest BCUT2D eigenvalue weighted by Gasteiger charge is 2.10. The van der Waals surface area contributed by atoms with E-state index in [9.17, 15) is 0 Å². The van der Waals surface area contributed by atoms with E-state index < -0.39 is 0 Å². The predicted molar refractivity (Wildman–Crippen MR) is 69.1 cm³/mol. The van der Waals surface area contributed by atoms with Gasteiger partial charge in [-0.3, -0.25) is 0 Å². The van der Waals surface area contributed by atoms with Gasteiger partial charge in [0, 0.05) is 18.3 Å². The SMILES string of the molecule is CC.CSCCNC1CC=C(C)CC1. The molecule has 1 aliphatic rings. The Bertz CT molecular complexity index is 154. The van der Waals surface area contributed by atoms with E-state index in [0.717, 1.165) is 6.04 Å². The van der Waals surface area contributed by atoms with Crippen LogP contribution < -0.4 is 5.32 Å². The van der Waals surface area contributed by atoms with E-state index in [4.69, 9.17) is 0 Å². The summed E-state index contributed by atoms with van der Waals surface area (Å²) in [6.45, 7) is 7.40. The van der Waals surface area contributed by atoms with Gasteiger partial charge in [-0.05, 0) is 32.4 Å². The predicted octanol–water partition coefficient (Wildman–Crippen LogP) is 3.46. The Labute approximate surface area is 93.7 Å². The largest absolute Gasteiger partial charge is 0.313 e. The molecule has 0 heterocycles. The summed E-state index contributed by atoms with van der Waals surface area (Å²) < 4.78 is 0. The molecule has 0 saturated heterocycles. The molecule has 1 nitrogen and oxygen atoms in total. The van der Waals surface area contributed by atoms with Crippen molar-refractivity contribution in [1.82, 2.24) is 5.32 Å². The van der Waals surface area contributed by atoms with Crippen LogP contribution in [0.2, 0.25) is 0 Å². The molecular weight excluding hydrogens is 190 g/mol. The molecule has 0 aliphatic heterocycles. The third-order valence-corrected chi connectivity index (χ3v) is 2.99. The van der Waals surface area contributed by atoms with Gasteiger partial charge >= 0.3 is 0 Å². The minimum atomic E-state index is 0.751. The summed E-state index contributed by atoms with van der Waals surface area (Å²) in [5.41, 5.74) is 1.57. The topological polar surface area (TPSA) is 12.0 Å². The lowest BCUT2D eigenvalue weighted by Crippen LogP contribution is -2.31. The maximum absolute atomic E-state index is 3.58. The van der Waals surface area contributed by atoms with Gasteiger partial charge in [-0.2, -0.15) is 11.8 Å². The van der Waals surface area contributed by atoms with E-state index in [0.29, 0.717) is 0 Å². The molecule has 0 saturated carbocycles. The van der Waals surface area contributed by atoms with Crippen LogP contribution in [0.3, 0.4) is 0 Å². The number of hydrogen-bond donors (Lipinski definition) is 1. The lowest BCUT2D eigenvalue weighted by molar-refractivity contribution is 0.482. The average molecular weight is 215 g/mol. The van der Waals surface area contributed by atoms with Gasteiger partial charge in [0.25, 0.3) is 0 Å². The maximum Gasteiger partial charge on any atom is 0.0105 e. The molecule has 1 unspecified atom stereocenters. The quantitative estimate of drug-likeness (QED) is 0.569. The summed E-state index contributed by atoms with van der Waals surface area (Å²) in [5, 5.41) is 3.58. The normalized spacial score (nSPS) is 20.9. The Hall–Kier alpha value is 0.0500. The van der Waals surface area contributed by atoms with Crippen molar-refractivity contribution in [2.24, 2.45) is 0 Å². The number of nitrogens with one attached hydrogen (secondary N) is 1. The first kappa shape index (κ1) is 14.1. The van der Waals surface area contributed by atoms with E-state index in [-0.39, 0.29) is 0 Å². The Kier molecular flexibility index (Phi) is 9.63. The molecule has 1 rings (SSSR count). The van der Waals surface area contributed by atoms with Crippen LogP contribution in [-0.2, 0) is 0 Å². The Balaban J connectivity index is 0.000000791. The van der Waals surface area contributed by atoms with Crippen molar-refractivity contribution in [1.29, 1.82) is 0 Å². The zero-order chi connectivity index (χ0) is 10.8. The molecule has 84 valence electrons. The maximum atomic E-state index is 3.58. The lowest BCUT2D eigenvalue weighted by atomic mass is 9.96. The van der Waals surface area contributed by atoms with Crippen LogP contribution in [0.15, 0.2) is 11.6 Å². The highest BCUT2D eigenvalue weighted by Crippen LogP contribution is 2.16. The van der Waals surface area contributed by atoms with Gasteiger partial charge in [-0.25, -0.2) is 0 Å². The van der Waals surface area contributed by atoms with E-state index in [1.54, 1.807) is 5.57 Å². The fourth-order valence-corrected chi connectivity index (χ4v) is 1.84. The van der Waals surface area contributed by atoms with Crippen LogP contribution in [0.1, 0.15) is 40.0 Å². The molecule has 1 aliphatic carbocycles. The summed E-state index contributed by atoms with van der Waals surface area (Å²) >= 11 is 1.91. The molecule has 0 fully saturated rings. The molecule has 0 aromatic rings. The molecule has 14 heavy (non-hydrogen) atoms. The smallest absolute Gasteiger partial charge is 0.0105 e. The fourth-order valence-electron chi connectivity index (χ4n) is 1.52. The highest BCUT2D eigenvalue weighted by atomic mass is 32.2. The van der Waals surface area contributed by atoms with Crippen molar-refractivity contribution in [3.05, 3.63) is 11.6 Å². The zero-order valence-electron chi connectivity index (χ0n) is 10.1. The van der Waals surface area contributed by atoms with E-state index in [2.05, 4.69) is 24.6 Å². The Morgan fingerprint density at radius 3 is 2.71 bits per heavy atom. The van der Waals surface area contributed by atoms with Crippen LogP contribution >= 0.6 is 11.8 Å². The first-order valence-corrected chi connectivity index (χ1v) is 7.10.